The number of Topliss-reactive ketones (excluding diaryl/α,β-unsaturated/α-hetero) is 3. The van der Waals surface area contributed by atoms with Crippen molar-refractivity contribution in [3.05, 3.63) is 21.1 Å². The molecule has 3 rings (SSSR count). The maximum atomic E-state index is 12.9. The molecule has 1 aromatic carbocycles. The van der Waals surface area contributed by atoms with Gasteiger partial charge in [0.05, 0.1) is 20.6 Å². The predicted molar refractivity (Wildman–Crippen MR) is 125 cm³/mol. The molecular formula is C21H24Cl3N3O7. The first-order valence-corrected chi connectivity index (χ1v) is 11.4. The number of carbonyl (C=O) groups excluding carboxylic acids is 3. The summed E-state index contributed by atoms with van der Waals surface area (Å²) in [5, 5.41) is 36.6. The van der Waals surface area contributed by atoms with E-state index in [-0.39, 0.29) is 38.1 Å². The molecule has 186 valence electrons. The Kier molecular flexibility index (Phi) is 7.11. The number of hydrogen-bond donors (Lipinski definition) is 4. The van der Waals surface area contributed by atoms with Crippen LogP contribution < -0.4 is 5.32 Å². The Balaban J connectivity index is 2.43. The molecule has 0 spiro atoms. The number of aliphatic hydroxyl groups excluding tert-OH is 1. The summed E-state index contributed by atoms with van der Waals surface area (Å²) in [6.07, 6.45) is -5.86. The first kappa shape index (κ1) is 26.8. The van der Waals surface area contributed by atoms with Crippen molar-refractivity contribution in [3.63, 3.8) is 0 Å². The van der Waals surface area contributed by atoms with E-state index in [0.29, 0.717) is 0 Å². The lowest BCUT2D eigenvalue weighted by Crippen LogP contribution is -2.67. The predicted octanol–water partition coefficient (Wildman–Crippen LogP) is 2.30. The number of carbonyl (C=O) groups is 3. The number of anilines is 1. The maximum absolute atomic E-state index is 12.9. The average molecular weight is 537 g/mol. The number of fused-ring (bicyclic) bond motifs is 1. The van der Waals surface area contributed by atoms with Gasteiger partial charge in [0.1, 0.15) is 17.7 Å². The van der Waals surface area contributed by atoms with Gasteiger partial charge in [0, 0.05) is 6.04 Å². The van der Waals surface area contributed by atoms with E-state index < -0.39 is 47.0 Å². The third-order valence-corrected chi connectivity index (χ3v) is 7.13. The Morgan fingerprint density at radius 2 is 1.65 bits per heavy atom. The summed E-state index contributed by atoms with van der Waals surface area (Å²) < 4.78 is 6.96. The Labute approximate surface area is 209 Å². The first-order valence-electron chi connectivity index (χ1n) is 10.2. The SMILES string of the molecule is CC(=O)C(O)[C@@H]1O[C@H](n2c(NC(C)C)nc3c(Cl)c(Cl)c(Cl)cc32)[C@](O)(C(C)=O)[C@]1(O)C(C)=O. The number of rotatable bonds is 7. The minimum absolute atomic E-state index is 0.0101. The lowest BCUT2D eigenvalue weighted by molar-refractivity contribution is -0.183. The summed E-state index contributed by atoms with van der Waals surface area (Å²) in [6, 6.07) is 1.13. The topological polar surface area (TPSA) is 151 Å². The quantitative estimate of drug-likeness (QED) is 0.391. The van der Waals surface area contributed by atoms with E-state index in [9.17, 15) is 29.7 Å². The molecule has 2 aromatic rings. The zero-order valence-electron chi connectivity index (χ0n) is 18.9. The number of hydrogen-bond acceptors (Lipinski definition) is 9. The van der Waals surface area contributed by atoms with Crippen LogP contribution in [0, 0.1) is 0 Å². The Bertz CT molecular complexity index is 1200. The number of benzene rings is 1. The van der Waals surface area contributed by atoms with Crippen LogP contribution in [0.1, 0.15) is 40.8 Å². The van der Waals surface area contributed by atoms with Gasteiger partial charge in [-0.1, -0.05) is 34.8 Å². The standard InChI is InChI=1S/C21H24Cl3N3O7/c1-7(2)25-19-26-15-12(6-11(22)13(23)14(15)24)27(19)18-21(33,10(5)30)20(32,9(4)29)17(34-18)16(31)8(3)28/h6-7,16-18,31-33H,1-5H3,(H,25,26)/t16?,17-,18-,20-,21+/m0/s1. The molecule has 1 unspecified atom stereocenters. The highest BCUT2D eigenvalue weighted by atomic mass is 35.5. The fourth-order valence-corrected chi connectivity index (χ4v) is 4.78. The summed E-state index contributed by atoms with van der Waals surface area (Å²) in [6.45, 7) is 6.43. The molecule has 1 aliphatic rings. The van der Waals surface area contributed by atoms with Crippen LogP contribution in [0.5, 0.6) is 0 Å². The molecule has 1 aliphatic heterocycles. The fraction of sp³-hybridized carbons (Fsp3) is 0.524. The smallest absolute Gasteiger partial charge is 0.206 e. The molecule has 10 nitrogen and oxygen atoms in total. The van der Waals surface area contributed by atoms with Gasteiger partial charge < -0.3 is 25.4 Å². The fourth-order valence-electron chi connectivity index (χ4n) is 4.15. The Morgan fingerprint density at radius 1 is 1.09 bits per heavy atom. The molecule has 1 fully saturated rings. The third kappa shape index (κ3) is 3.72. The van der Waals surface area contributed by atoms with E-state index in [1.165, 1.54) is 10.6 Å². The van der Waals surface area contributed by atoms with Crippen LogP contribution in [0.25, 0.3) is 11.0 Å². The average Bonchev–Trinajstić information content (AvgIpc) is 3.19. The largest absolute Gasteiger partial charge is 0.382 e. The molecule has 0 amide bonds. The van der Waals surface area contributed by atoms with Crippen molar-refractivity contribution in [1.29, 1.82) is 0 Å². The van der Waals surface area contributed by atoms with E-state index in [1.54, 1.807) is 13.8 Å². The van der Waals surface area contributed by atoms with E-state index in [0.717, 1.165) is 20.8 Å². The summed E-state index contributed by atoms with van der Waals surface area (Å²) >= 11 is 18.7. The molecule has 1 saturated heterocycles. The molecule has 2 heterocycles. The number of nitrogens with one attached hydrogen (secondary N) is 1. The molecule has 0 aliphatic carbocycles. The molecule has 1 aromatic heterocycles. The first-order chi connectivity index (χ1) is 15.6. The van der Waals surface area contributed by atoms with Crippen LogP contribution in [0.4, 0.5) is 5.95 Å². The van der Waals surface area contributed by atoms with Crippen LogP contribution in [-0.2, 0) is 19.1 Å². The van der Waals surface area contributed by atoms with Crippen molar-refractivity contribution in [1.82, 2.24) is 9.55 Å². The molecule has 0 bridgehead atoms. The molecule has 4 N–H and O–H groups in total. The summed E-state index contributed by atoms with van der Waals surface area (Å²) in [5.41, 5.74) is -5.67. The molecular weight excluding hydrogens is 513 g/mol. The lowest BCUT2D eigenvalue weighted by atomic mass is 9.73. The third-order valence-electron chi connectivity index (χ3n) is 5.88. The normalized spacial score (nSPS) is 27.9. The number of aromatic nitrogens is 2. The number of halogens is 3. The molecule has 34 heavy (non-hydrogen) atoms. The van der Waals surface area contributed by atoms with Gasteiger partial charge in [0.2, 0.25) is 11.5 Å². The van der Waals surface area contributed by atoms with Crippen molar-refractivity contribution in [3.8, 4) is 0 Å². The molecule has 0 radical (unpaired) electrons. The van der Waals surface area contributed by atoms with Gasteiger partial charge in [0.25, 0.3) is 0 Å². The van der Waals surface area contributed by atoms with Gasteiger partial charge in [-0.15, -0.1) is 0 Å². The van der Waals surface area contributed by atoms with Crippen molar-refractivity contribution >= 4 is 69.1 Å². The summed E-state index contributed by atoms with van der Waals surface area (Å²) in [5.74, 6) is -2.99. The Hall–Kier alpha value is -1.79. The molecule has 13 heteroatoms. The zero-order chi connectivity index (χ0) is 25.9. The van der Waals surface area contributed by atoms with Crippen molar-refractivity contribution in [2.24, 2.45) is 0 Å². The number of imidazole rings is 1. The van der Waals surface area contributed by atoms with Gasteiger partial charge in [-0.2, -0.15) is 0 Å². The van der Waals surface area contributed by atoms with Gasteiger partial charge in [-0.25, -0.2) is 4.98 Å². The highest BCUT2D eigenvalue weighted by molar-refractivity contribution is 6.50. The maximum Gasteiger partial charge on any atom is 0.206 e. The number of ketones is 3. The molecule has 5 atom stereocenters. The summed E-state index contributed by atoms with van der Waals surface area (Å²) in [4.78, 5) is 41.9. The van der Waals surface area contributed by atoms with E-state index in [1.807, 2.05) is 0 Å². The zero-order valence-corrected chi connectivity index (χ0v) is 21.2. The highest BCUT2D eigenvalue weighted by Crippen LogP contribution is 2.51. The van der Waals surface area contributed by atoms with E-state index in [2.05, 4.69) is 10.3 Å². The second kappa shape index (κ2) is 9.02. The minimum Gasteiger partial charge on any atom is -0.382 e. The van der Waals surface area contributed by atoms with Crippen molar-refractivity contribution in [2.45, 2.75) is 70.3 Å². The van der Waals surface area contributed by atoms with Gasteiger partial charge in [0.15, 0.2) is 29.2 Å². The summed E-state index contributed by atoms with van der Waals surface area (Å²) in [7, 11) is 0. The van der Waals surface area contributed by atoms with Gasteiger partial charge in [-0.05, 0) is 40.7 Å². The van der Waals surface area contributed by atoms with Crippen LogP contribution in [0.2, 0.25) is 15.1 Å². The number of aliphatic hydroxyl groups is 3. The van der Waals surface area contributed by atoms with Crippen LogP contribution in [0.15, 0.2) is 6.07 Å². The van der Waals surface area contributed by atoms with E-state index >= 15 is 0 Å². The van der Waals surface area contributed by atoms with Crippen LogP contribution in [-0.4, -0.2) is 71.7 Å². The molecule has 0 saturated carbocycles. The van der Waals surface area contributed by atoms with Gasteiger partial charge in [-0.3, -0.25) is 19.0 Å². The second-order valence-electron chi connectivity index (χ2n) is 8.57. The monoisotopic (exact) mass is 535 g/mol. The number of ether oxygens (including phenoxy) is 1. The second-order valence-corrected chi connectivity index (χ2v) is 9.73. The van der Waals surface area contributed by atoms with Crippen molar-refractivity contribution < 1.29 is 34.4 Å². The Morgan fingerprint density at radius 3 is 2.12 bits per heavy atom. The van der Waals surface area contributed by atoms with Crippen LogP contribution >= 0.6 is 34.8 Å². The van der Waals surface area contributed by atoms with Crippen LogP contribution in [0.3, 0.4) is 0 Å². The highest BCUT2D eigenvalue weighted by Gasteiger charge is 2.73. The van der Waals surface area contributed by atoms with Gasteiger partial charge >= 0.3 is 0 Å². The van der Waals surface area contributed by atoms with E-state index in [4.69, 9.17) is 39.5 Å². The minimum atomic E-state index is -2.99. The number of nitrogens with zero attached hydrogens (tertiary/aromatic N) is 2. The van der Waals surface area contributed by atoms with Crippen molar-refractivity contribution in [2.75, 3.05) is 5.32 Å². The lowest BCUT2D eigenvalue weighted by Gasteiger charge is -2.38.